The number of primary sulfonamides is 1. The molecule has 3 N–H and O–H groups in total. The summed E-state index contributed by atoms with van der Waals surface area (Å²) >= 11 is 1.30. The van der Waals surface area contributed by atoms with Gasteiger partial charge in [-0.15, -0.1) is 11.3 Å². The molecule has 0 saturated carbocycles. The van der Waals surface area contributed by atoms with E-state index >= 15 is 0 Å². The molecule has 2 aromatic rings. The van der Waals surface area contributed by atoms with Gasteiger partial charge in [-0.3, -0.25) is 9.69 Å². The summed E-state index contributed by atoms with van der Waals surface area (Å²) in [4.78, 5) is 14.0. The minimum atomic E-state index is -3.72. The molecule has 7 nitrogen and oxygen atoms in total. The van der Waals surface area contributed by atoms with Crippen LogP contribution in [0.5, 0.6) is 0 Å². The van der Waals surface area contributed by atoms with Crippen molar-refractivity contribution < 1.29 is 13.2 Å². The summed E-state index contributed by atoms with van der Waals surface area (Å²) in [7, 11) is -1.93. The van der Waals surface area contributed by atoms with Crippen LogP contribution in [0, 0.1) is 11.3 Å². The Bertz CT molecular complexity index is 898. The number of likely N-dealkylation sites (N-methyl/N-ethyl adjacent to an activating group) is 1. The van der Waals surface area contributed by atoms with Crippen LogP contribution in [0.15, 0.2) is 40.6 Å². The van der Waals surface area contributed by atoms with Crippen LogP contribution in [0.3, 0.4) is 0 Å². The summed E-state index contributed by atoms with van der Waals surface area (Å²) in [6, 6.07) is 9.80. The third-order valence-corrected chi connectivity index (χ3v) is 5.54. The number of rotatable bonds is 6. The Balaban J connectivity index is 2.01. The average Bonchev–Trinajstić information content (AvgIpc) is 3.00. The molecule has 1 aromatic heterocycles. The molecule has 0 bridgehead atoms. The van der Waals surface area contributed by atoms with Crippen molar-refractivity contribution in [1.29, 1.82) is 5.26 Å². The predicted octanol–water partition coefficient (Wildman–Crippen LogP) is 1.90. The SMILES string of the molecule is C[C@@H](c1ccc(S(N)(=O)=O)cc1)N(C)CC(=O)Nc1sccc1C#N. The van der Waals surface area contributed by atoms with Crippen molar-refractivity contribution >= 4 is 32.3 Å². The van der Waals surface area contributed by atoms with Gasteiger partial charge in [0.2, 0.25) is 15.9 Å². The first-order chi connectivity index (χ1) is 11.7. The third kappa shape index (κ3) is 4.87. The van der Waals surface area contributed by atoms with Crippen molar-refractivity contribution in [2.45, 2.75) is 17.9 Å². The van der Waals surface area contributed by atoms with Gasteiger partial charge in [0.1, 0.15) is 11.1 Å². The number of carbonyl (C=O) groups is 1. The molecule has 0 fully saturated rings. The monoisotopic (exact) mass is 378 g/mol. The molecule has 1 amide bonds. The molecule has 25 heavy (non-hydrogen) atoms. The molecular weight excluding hydrogens is 360 g/mol. The minimum Gasteiger partial charge on any atom is -0.315 e. The number of nitrogens with one attached hydrogen (secondary N) is 1. The zero-order valence-corrected chi connectivity index (χ0v) is 15.4. The Hall–Kier alpha value is -2.25. The molecule has 0 saturated heterocycles. The van der Waals surface area contributed by atoms with Gasteiger partial charge in [0, 0.05) is 6.04 Å². The molecule has 9 heteroatoms. The number of nitrogens with two attached hydrogens (primary N) is 1. The van der Waals surface area contributed by atoms with Crippen LogP contribution in [0.1, 0.15) is 24.1 Å². The molecule has 0 aliphatic carbocycles. The lowest BCUT2D eigenvalue weighted by atomic mass is 10.1. The second-order valence-electron chi connectivity index (χ2n) is 5.53. The van der Waals surface area contributed by atoms with E-state index in [0.717, 1.165) is 5.56 Å². The van der Waals surface area contributed by atoms with Crippen molar-refractivity contribution in [3.8, 4) is 6.07 Å². The van der Waals surface area contributed by atoms with E-state index in [9.17, 15) is 13.2 Å². The Labute approximate surface area is 150 Å². The smallest absolute Gasteiger partial charge is 0.239 e. The first kappa shape index (κ1) is 19.1. The van der Waals surface area contributed by atoms with Crippen molar-refractivity contribution in [3.63, 3.8) is 0 Å². The highest BCUT2D eigenvalue weighted by molar-refractivity contribution is 7.89. The standard InChI is InChI=1S/C16H18N4O3S2/c1-11(12-3-5-14(6-4-12)25(18,22)23)20(2)10-15(21)19-16-13(9-17)7-8-24-16/h3-8,11H,10H2,1-2H3,(H,19,21)(H2,18,22,23)/t11-/m0/s1. The lowest BCUT2D eigenvalue weighted by Crippen LogP contribution is -2.32. The van der Waals surface area contributed by atoms with Crippen LogP contribution in [-0.2, 0) is 14.8 Å². The van der Waals surface area contributed by atoms with Gasteiger partial charge in [-0.1, -0.05) is 12.1 Å². The fourth-order valence-electron chi connectivity index (χ4n) is 2.21. The van der Waals surface area contributed by atoms with Crippen LogP contribution in [-0.4, -0.2) is 32.8 Å². The molecule has 0 spiro atoms. The number of nitriles is 1. The number of carbonyl (C=O) groups excluding carboxylic acids is 1. The zero-order chi connectivity index (χ0) is 18.6. The summed E-state index contributed by atoms with van der Waals surface area (Å²) < 4.78 is 22.6. The second-order valence-corrected chi connectivity index (χ2v) is 8.01. The number of amides is 1. The molecule has 1 heterocycles. The molecule has 132 valence electrons. The Kier molecular flexibility index (Phi) is 5.92. The summed E-state index contributed by atoms with van der Waals surface area (Å²) in [5, 5.41) is 19.0. The van der Waals surface area contributed by atoms with Gasteiger partial charge in [0.05, 0.1) is 17.0 Å². The van der Waals surface area contributed by atoms with Gasteiger partial charge >= 0.3 is 0 Å². The van der Waals surface area contributed by atoms with E-state index in [4.69, 9.17) is 10.4 Å². The maximum atomic E-state index is 12.2. The summed E-state index contributed by atoms with van der Waals surface area (Å²) in [6.45, 7) is 2.03. The van der Waals surface area contributed by atoms with E-state index in [1.165, 1.54) is 23.5 Å². The number of nitrogens with zero attached hydrogens (tertiary/aromatic N) is 2. The van der Waals surface area contributed by atoms with E-state index in [1.807, 2.05) is 17.9 Å². The van der Waals surface area contributed by atoms with E-state index in [1.54, 1.807) is 30.6 Å². The number of sulfonamides is 1. The number of hydrogen-bond donors (Lipinski definition) is 2. The number of hydrogen-bond acceptors (Lipinski definition) is 6. The summed E-state index contributed by atoms with van der Waals surface area (Å²) in [5.74, 6) is -0.227. The zero-order valence-electron chi connectivity index (χ0n) is 13.8. The van der Waals surface area contributed by atoms with Crippen molar-refractivity contribution in [2.24, 2.45) is 5.14 Å². The Morgan fingerprint density at radius 3 is 2.56 bits per heavy atom. The van der Waals surface area contributed by atoms with Gasteiger partial charge in [-0.05, 0) is 43.1 Å². The lowest BCUT2D eigenvalue weighted by molar-refractivity contribution is -0.117. The number of benzene rings is 1. The van der Waals surface area contributed by atoms with Crippen LogP contribution in [0.2, 0.25) is 0 Å². The molecule has 2 rings (SSSR count). The van der Waals surface area contributed by atoms with Crippen LogP contribution in [0.4, 0.5) is 5.00 Å². The van der Waals surface area contributed by atoms with E-state index in [0.29, 0.717) is 10.6 Å². The van der Waals surface area contributed by atoms with Gasteiger partial charge in [-0.25, -0.2) is 13.6 Å². The lowest BCUT2D eigenvalue weighted by Gasteiger charge is -2.24. The fraction of sp³-hybridized carbons (Fsp3) is 0.250. The van der Waals surface area contributed by atoms with Gasteiger partial charge in [0.25, 0.3) is 0 Å². The highest BCUT2D eigenvalue weighted by atomic mass is 32.2. The molecule has 0 unspecified atom stereocenters. The Morgan fingerprint density at radius 1 is 1.36 bits per heavy atom. The first-order valence-electron chi connectivity index (χ1n) is 7.33. The van der Waals surface area contributed by atoms with Crippen LogP contribution >= 0.6 is 11.3 Å². The van der Waals surface area contributed by atoms with Gasteiger partial charge < -0.3 is 5.32 Å². The Morgan fingerprint density at radius 2 is 2.00 bits per heavy atom. The number of anilines is 1. The quantitative estimate of drug-likeness (QED) is 0.796. The molecule has 1 atom stereocenters. The predicted molar refractivity (Wildman–Crippen MR) is 96.5 cm³/mol. The molecule has 0 aliphatic rings. The van der Waals surface area contributed by atoms with Crippen LogP contribution in [0.25, 0.3) is 0 Å². The van der Waals surface area contributed by atoms with E-state index < -0.39 is 10.0 Å². The van der Waals surface area contributed by atoms with E-state index in [-0.39, 0.29) is 23.4 Å². The maximum Gasteiger partial charge on any atom is 0.239 e. The summed E-state index contributed by atoms with van der Waals surface area (Å²) in [6.07, 6.45) is 0. The molecule has 1 aromatic carbocycles. The topological polar surface area (TPSA) is 116 Å². The molecule has 0 radical (unpaired) electrons. The second kappa shape index (κ2) is 7.76. The summed E-state index contributed by atoms with van der Waals surface area (Å²) in [5.41, 5.74) is 1.30. The van der Waals surface area contributed by atoms with Gasteiger partial charge in [0.15, 0.2) is 0 Å². The first-order valence-corrected chi connectivity index (χ1v) is 9.75. The van der Waals surface area contributed by atoms with Crippen molar-refractivity contribution in [3.05, 3.63) is 46.8 Å². The van der Waals surface area contributed by atoms with Crippen LogP contribution < -0.4 is 10.5 Å². The van der Waals surface area contributed by atoms with Crippen molar-refractivity contribution in [2.75, 3.05) is 18.9 Å². The highest BCUT2D eigenvalue weighted by Crippen LogP contribution is 2.23. The highest BCUT2D eigenvalue weighted by Gasteiger charge is 2.17. The molecule has 0 aliphatic heterocycles. The molecular formula is C16H18N4O3S2. The average molecular weight is 378 g/mol. The maximum absolute atomic E-state index is 12.2. The largest absolute Gasteiger partial charge is 0.315 e. The van der Waals surface area contributed by atoms with Gasteiger partial charge in [-0.2, -0.15) is 5.26 Å². The van der Waals surface area contributed by atoms with E-state index in [2.05, 4.69) is 5.32 Å². The normalized spacial score (nSPS) is 12.6. The van der Waals surface area contributed by atoms with Crippen molar-refractivity contribution in [1.82, 2.24) is 4.90 Å². The minimum absolute atomic E-state index is 0.0468. The fourth-order valence-corrected chi connectivity index (χ4v) is 3.48. The third-order valence-electron chi connectivity index (χ3n) is 3.78. The number of thiophene rings is 1.